The van der Waals surface area contributed by atoms with Crippen LogP contribution < -0.4 is 10.1 Å². The predicted octanol–water partition coefficient (Wildman–Crippen LogP) is 4.02. The first-order valence-corrected chi connectivity index (χ1v) is 10.1. The molecule has 156 valence electrons. The van der Waals surface area contributed by atoms with Gasteiger partial charge in [0, 0.05) is 37.3 Å². The summed E-state index contributed by atoms with van der Waals surface area (Å²) in [5.41, 5.74) is 4.12. The van der Waals surface area contributed by atoms with E-state index in [0.717, 1.165) is 35.5 Å². The van der Waals surface area contributed by atoms with E-state index in [4.69, 9.17) is 10.00 Å². The number of hydrogen-bond acceptors (Lipinski definition) is 4. The van der Waals surface area contributed by atoms with Gasteiger partial charge in [-0.25, -0.2) is 4.39 Å². The predicted molar refractivity (Wildman–Crippen MR) is 115 cm³/mol. The zero-order valence-electron chi connectivity index (χ0n) is 17.0. The average Bonchev–Trinajstić information content (AvgIpc) is 3.00. The molecule has 0 aromatic heterocycles. The normalized spacial score (nSPS) is 13.4. The number of amides is 1. The molecule has 1 heterocycles. The average molecular weight is 415 g/mol. The lowest BCUT2D eigenvalue weighted by molar-refractivity contribution is 0.0950. The number of carbonyl (C=O) groups is 1. The number of rotatable bonds is 5. The van der Waals surface area contributed by atoms with Crippen LogP contribution in [0.4, 0.5) is 4.39 Å². The van der Waals surface area contributed by atoms with Crippen LogP contribution in [-0.4, -0.2) is 24.0 Å². The highest BCUT2D eigenvalue weighted by Gasteiger charge is 2.18. The molecule has 0 saturated heterocycles. The quantitative estimate of drug-likeness (QED) is 0.684. The third-order valence-electron chi connectivity index (χ3n) is 5.24. The van der Waals surface area contributed by atoms with Gasteiger partial charge in [-0.1, -0.05) is 24.3 Å². The maximum absolute atomic E-state index is 13.0. The SMILES string of the molecule is N#Cc1ccc(CN2CCOc3ccc(C(=O)NCc4ccc(F)cc4)cc3C2)cc1. The molecule has 3 aromatic carbocycles. The highest BCUT2D eigenvalue weighted by molar-refractivity contribution is 5.94. The summed E-state index contributed by atoms with van der Waals surface area (Å²) < 4.78 is 18.9. The van der Waals surface area contributed by atoms with Crippen LogP contribution in [0.5, 0.6) is 5.75 Å². The summed E-state index contributed by atoms with van der Waals surface area (Å²) in [7, 11) is 0. The van der Waals surface area contributed by atoms with Gasteiger partial charge in [-0.2, -0.15) is 5.26 Å². The van der Waals surface area contributed by atoms with Crippen LogP contribution >= 0.6 is 0 Å². The number of fused-ring (bicyclic) bond motifs is 1. The Morgan fingerprint density at radius 3 is 2.55 bits per heavy atom. The van der Waals surface area contributed by atoms with E-state index >= 15 is 0 Å². The Kier molecular flexibility index (Phi) is 6.25. The molecule has 0 atom stereocenters. The molecule has 0 unspecified atom stereocenters. The van der Waals surface area contributed by atoms with E-state index in [1.54, 1.807) is 18.2 Å². The molecule has 3 aromatic rings. The molecule has 1 aliphatic heterocycles. The lowest BCUT2D eigenvalue weighted by Crippen LogP contribution is -2.25. The molecule has 0 aliphatic carbocycles. The monoisotopic (exact) mass is 415 g/mol. The topological polar surface area (TPSA) is 65.4 Å². The fourth-order valence-corrected chi connectivity index (χ4v) is 3.55. The molecule has 0 saturated carbocycles. The van der Waals surface area contributed by atoms with E-state index in [0.29, 0.717) is 30.8 Å². The van der Waals surface area contributed by atoms with Gasteiger partial charge in [0.15, 0.2) is 0 Å². The maximum atomic E-state index is 13.0. The second-order valence-electron chi connectivity index (χ2n) is 7.50. The van der Waals surface area contributed by atoms with E-state index in [1.165, 1.54) is 12.1 Å². The molecule has 1 amide bonds. The molecule has 5 nitrogen and oxygen atoms in total. The molecule has 6 heteroatoms. The highest BCUT2D eigenvalue weighted by Crippen LogP contribution is 2.25. The number of hydrogen-bond donors (Lipinski definition) is 1. The molecule has 0 spiro atoms. The van der Waals surface area contributed by atoms with Crippen LogP contribution in [0.2, 0.25) is 0 Å². The lowest BCUT2D eigenvalue weighted by atomic mass is 10.1. The Labute approximate surface area is 180 Å². The van der Waals surface area contributed by atoms with E-state index in [2.05, 4.69) is 16.3 Å². The van der Waals surface area contributed by atoms with E-state index in [-0.39, 0.29) is 11.7 Å². The van der Waals surface area contributed by atoms with Crippen molar-refractivity contribution in [1.82, 2.24) is 10.2 Å². The minimum atomic E-state index is -0.300. The van der Waals surface area contributed by atoms with Gasteiger partial charge in [-0.05, 0) is 53.6 Å². The van der Waals surface area contributed by atoms with Crippen molar-refractivity contribution in [3.05, 3.63) is 100 Å². The van der Waals surface area contributed by atoms with Gasteiger partial charge in [0.2, 0.25) is 0 Å². The highest BCUT2D eigenvalue weighted by atomic mass is 19.1. The van der Waals surface area contributed by atoms with Gasteiger partial charge in [0.25, 0.3) is 5.91 Å². The molecular formula is C25H22FN3O2. The molecule has 1 N–H and O–H groups in total. The number of halogens is 1. The Bertz CT molecular complexity index is 1110. The van der Waals surface area contributed by atoms with Crippen molar-refractivity contribution < 1.29 is 13.9 Å². The van der Waals surface area contributed by atoms with Crippen LogP contribution in [0, 0.1) is 17.1 Å². The van der Waals surface area contributed by atoms with Crippen LogP contribution in [-0.2, 0) is 19.6 Å². The smallest absolute Gasteiger partial charge is 0.251 e. The molecular weight excluding hydrogens is 393 g/mol. The number of nitrogens with zero attached hydrogens (tertiary/aromatic N) is 2. The fourth-order valence-electron chi connectivity index (χ4n) is 3.55. The largest absolute Gasteiger partial charge is 0.492 e. The summed E-state index contributed by atoms with van der Waals surface area (Å²) in [6.45, 7) is 3.06. The zero-order chi connectivity index (χ0) is 21.6. The van der Waals surface area contributed by atoms with Crippen LogP contribution in [0.1, 0.15) is 32.6 Å². The second kappa shape index (κ2) is 9.41. The zero-order valence-corrected chi connectivity index (χ0v) is 17.0. The van der Waals surface area contributed by atoms with Gasteiger partial charge < -0.3 is 10.1 Å². The summed E-state index contributed by atoms with van der Waals surface area (Å²) in [5.74, 6) is 0.304. The van der Waals surface area contributed by atoms with Crippen LogP contribution in [0.15, 0.2) is 66.7 Å². The van der Waals surface area contributed by atoms with Crippen molar-refractivity contribution in [2.24, 2.45) is 0 Å². The van der Waals surface area contributed by atoms with Gasteiger partial charge in [-0.15, -0.1) is 0 Å². The Morgan fingerprint density at radius 2 is 1.81 bits per heavy atom. The van der Waals surface area contributed by atoms with Crippen LogP contribution in [0.3, 0.4) is 0 Å². The van der Waals surface area contributed by atoms with Crippen molar-refractivity contribution in [1.29, 1.82) is 5.26 Å². The van der Waals surface area contributed by atoms with Gasteiger partial charge in [0.05, 0.1) is 11.6 Å². The van der Waals surface area contributed by atoms with E-state index < -0.39 is 0 Å². The minimum absolute atomic E-state index is 0.185. The van der Waals surface area contributed by atoms with Gasteiger partial charge >= 0.3 is 0 Å². The number of nitrogens with one attached hydrogen (secondary N) is 1. The van der Waals surface area contributed by atoms with Crippen molar-refractivity contribution in [2.75, 3.05) is 13.2 Å². The van der Waals surface area contributed by atoms with Crippen molar-refractivity contribution >= 4 is 5.91 Å². The third kappa shape index (κ3) is 5.27. The molecule has 4 rings (SSSR count). The Balaban J connectivity index is 1.43. The van der Waals surface area contributed by atoms with Crippen LogP contribution in [0.25, 0.3) is 0 Å². The molecule has 0 bridgehead atoms. The van der Waals surface area contributed by atoms with Gasteiger partial charge in [0.1, 0.15) is 18.2 Å². The summed E-state index contributed by atoms with van der Waals surface area (Å²) in [4.78, 5) is 14.9. The van der Waals surface area contributed by atoms with E-state index in [9.17, 15) is 9.18 Å². The fraction of sp³-hybridized carbons (Fsp3) is 0.200. The molecule has 31 heavy (non-hydrogen) atoms. The number of benzene rings is 3. The number of carbonyl (C=O) groups excluding carboxylic acids is 1. The van der Waals surface area contributed by atoms with Gasteiger partial charge in [-0.3, -0.25) is 9.69 Å². The standard InChI is InChI=1S/C25H22FN3O2/c26-23-8-5-19(6-9-23)15-28-25(30)21-7-10-24-22(13-21)17-29(11-12-31-24)16-20-3-1-18(14-27)2-4-20/h1-10,13H,11-12,15-17H2,(H,28,30). The van der Waals surface area contributed by atoms with Crippen molar-refractivity contribution in [3.63, 3.8) is 0 Å². The summed E-state index contributed by atoms with van der Waals surface area (Å²) in [6.07, 6.45) is 0. The minimum Gasteiger partial charge on any atom is -0.492 e. The lowest BCUT2D eigenvalue weighted by Gasteiger charge is -2.19. The summed E-state index contributed by atoms with van der Waals surface area (Å²) in [6, 6.07) is 21.2. The van der Waals surface area contributed by atoms with Crippen molar-refractivity contribution in [3.8, 4) is 11.8 Å². The Hall–Kier alpha value is -3.69. The second-order valence-corrected chi connectivity index (χ2v) is 7.50. The third-order valence-corrected chi connectivity index (χ3v) is 5.24. The first kappa shape index (κ1) is 20.6. The Morgan fingerprint density at radius 1 is 1.06 bits per heavy atom. The first-order chi connectivity index (χ1) is 15.1. The number of nitriles is 1. The first-order valence-electron chi connectivity index (χ1n) is 10.1. The molecule has 0 fully saturated rings. The molecule has 1 aliphatic rings. The number of ether oxygens (including phenoxy) is 1. The van der Waals surface area contributed by atoms with Crippen molar-refractivity contribution in [2.45, 2.75) is 19.6 Å². The maximum Gasteiger partial charge on any atom is 0.251 e. The molecule has 0 radical (unpaired) electrons. The summed E-state index contributed by atoms with van der Waals surface area (Å²) >= 11 is 0. The van der Waals surface area contributed by atoms with E-state index in [1.807, 2.05) is 36.4 Å². The summed E-state index contributed by atoms with van der Waals surface area (Å²) in [5, 5.41) is 11.8.